The van der Waals surface area contributed by atoms with Crippen LogP contribution < -0.4 is 20.1 Å². The third-order valence-electron chi connectivity index (χ3n) is 3.59. The van der Waals surface area contributed by atoms with Crippen molar-refractivity contribution in [1.29, 1.82) is 0 Å². The summed E-state index contributed by atoms with van der Waals surface area (Å²) in [6.45, 7) is 1.89. The lowest BCUT2D eigenvalue weighted by Crippen LogP contribution is -2.34. The largest absolute Gasteiger partial charge is 0.493 e. The van der Waals surface area contributed by atoms with E-state index in [4.69, 9.17) is 21.1 Å². The molecule has 0 aliphatic heterocycles. The first-order valence-electron chi connectivity index (χ1n) is 7.74. The van der Waals surface area contributed by atoms with Gasteiger partial charge in [0.2, 0.25) is 0 Å². The number of halogens is 1. The van der Waals surface area contributed by atoms with Crippen LogP contribution in [-0.2, 0) is 0 Å². The van der Waals surface area contributed by atoms with Crippen molar-refractivity contribution in [3.63, 3.8) is 0 Å². The second-order valence-electron chi connectivity index (χ2n) is 5.34. The summed E-state index contributed by atoms with van der Waals surface area (Å²) in [7, 11) is 3.16. The standard InChI is InChI=1S/C19H21ClN2O3/c1-13(15-7-8-17(24-2)18(12-15)25-3)22-19(23)21-10-9-14-5-4-6-16(20)11-14/h4-13H,1-3H3,(H2,21,22,23)/b10-9+. The van der Waals surface area contributed by atoms with Crippen LogP contribution in [0.2, 0.25) is 5.02 Å². The van der Waals surface area contributed by atoms with Gasteiger partial charge in [0.1, 0.15) is 0 Å². The van der Waals surface area contributed by atoms with Crippen LogP contribution in [0.25, 0.3) is 6.08 Å². The summed E-state index contributed by atoms with van der Waals surface area (Å²) in [5, 5.41) is 6.18. The molecule has 6 heteroatoms. The number of hydrogen-bond donors (Lipinski definition) is 2. The van der Waals surface area contributed by atoms with E-state index in [-0.39, 0.29) is 12.1 Å². The summed E-state index contributed by atoms with van der Waals surface area (Å²) in [5.74, 6) is 1.27. The van der Waals surface area contributed by atoms with Crippen molar-refractivity contribution in [2.75, 3.05) is 14.2 Å². The molecule has 1 unspecified atom stereocenters. The molecule has 0 heterocycles. The topological polar surface area (TPSA) is 59.6 Å². The van der Waals surface area contributed by atoms with E-state index in [0.717, 1.165) is 11.1 Å². The Morgan fingerprint density at radius 1 is 1.12 bits per heavy atom. The monoisotopic (exact) mass is 360 g/mol. The molecule has 0 spiro atoms. The van der Waals surface area contributed by atoms with Crippen LogP contribution in [0.1, 0.15) is 24.1 Å². The second-order valence-corrected chi connectivity index (χ2v) is 5.78. The second kappa shape index (κ2) is 8.99. The Kier molecular flexibility index (Phi) is 6.71. The first kappa shape index (κ1) is 18.7. The first-order chi connectivity index (χ1) is 12.0. The molecule has 132 valence electrons. The number of nitrogens with one attached hydrogen (secondary N) is 2. The number of amides is 2. The smallest absolute Gasteiger partial charge is 0.319 e. The fourth-order valence-corrected chi connectivity index (χ4v) is 2.47. The third kappa shape index (κ3) is 5.43. The predicted molar refractivity (Wildman–Crippen MR) is 100 cm³/mol. The maximum atomic E-state index is 12.0. The lowest BCUT2D eigenvalue weighted by molar-refractivity contribution is 0.241. The first-order valence-corrected chi connectivity index (χ1v) is 8.12. The maximum absolute atomic E-state index is 12.0. The summed E-state index contributed by atoms with van der Waals surface area (Å²) in [6.07, 6.45) is 3.34. The van der Waals surface area contributed by atoms with Crippen molar-refractivity contribution in [3.8, 4) is 11.5 Å². The zero-order valence-electron chi connectivity index (χ0n) is 14.4. The highest BCUT2D eigenvalue weighted by molar-refractivity contribution is 6.30. The Morgan fingerprint density at radius 3 is 2.56 bits per heavy atom. The van der Waals surface area contributed by atoms with Gasteiger partial charge < -0.3 is 20.1 Å². The molecule has 0 saturated carbocycles. The quantitative estimate of drug-likeness (QED) is 0.803. The number of hydrogen-bond acceptors (Lipinski definition) is 3. The zero-order chi connectivity index (χ0) is 18.2. The van der Waals surface area contributed by atoms with Gasteiger partial charge in [-0.15, -0.1) is 0 Å². The van der Waals surface area contributed by atoms with Gasteiger partial charge in [-0.3, -0.25) is 0 Å². The summed E-state index contributed by atoms with van der Waals surface area (Å²) in [6, 6.07) is 12.4. The molecule has 2 N–H and O–H groups in total. The number of methoxy groups -OCH3 is 2. The van der Waals surface area contributed by atoms with E-state index >= 15 is 0 Å². The number of carbonyl (C=O) groups excluding carboxylic acids is 1. The van der Waals surface area contributed by atoms with Crippen LogP contribution in [0.4, 0.5) is 4.79 Å². The Bertz CT molecular complexity index is 762. The number of urea groups is 1. The highest BCUT2D eigenvalue weighted by atomic mass is 35.5. The molecule has 1 atom stereocenters. The molecule has 0 fully saturated rings. The van der Waals surface area contributed by atoms with Crippen molar-refractivity contribution in [2.45, 2.75) is 13.0 Å². The third-order valence-corrected chi connectivity index (χ3v) is 3.83. The van der Waals surface area contributed by atoms with Crippen molar-refractivity contribution in [2.24, 2.45) is 0 Å². The minimum absolute atomic E-state index is 0.195. The van der Waals surface area contributed by atoms with E-state index in [0.29, 0.717) is 16.5 Å². The molecular weight excluding hydrogens is 340 g/mol. The molecule has 2 aromatic carbocycles. The lowest BCUT2D eigenvalue weighted by Gasteiger charge is -2.16. The SMILES string of the molecule is COc1ccc(C(C)NC(=O)N/C=C/c2cccc(Cl)c2)cc1OC. The van der Waals surface area contributed by atoms with Crippen LogP contribution in [0.3, 0.4) is 0 Å². The normalized spacial score (nSPS) is 11.8. The molecule has 0 aromatic heterocycles. The minimum atomic E-state index is -0.305. The molecule has 2 aromatic rings. The van der Waals surface area contributed by atoms with Crippen molar-refractivity contribution in [3.05, 3.63) is 64.8 Å². The molecular formula is C19H21ClN2O3. The van der Waals surface area contributed by atoms with Crippen LogP contribution in [-0.4, -0.2) is 20.3 Å². The summed E-state index contributed by atoms with van der Waals surface area (Å²) in [4.78, 5) is 12.0. The van der Waals surface area contributed by atoms with Gasteiger partial charge in [-0.05, 0) is 48.4 Å². The van der Waals surface area contributed by atoms with Crippen molar-refractivity contribution < 1.29 is 14.3 Å². The average Bonchev–Trinajstić information content (AvgIpc) is 2.61. The van der Waals surface area contributed by atoms with Gasteiger partial charge in [0.05, 0.1) is 20.3 Å². The Morgan fingerprint density at radius 2 is 1.88 bits per heavy atom. The summed E-state index contributed by atoms with van der Waals surface area (Å²) in [5.41, 5.74) is 1.81. The van der Waals surface area contributed by atoms with Gasteiger partial charge >= 0.3 is 6.03 Å². The van der Waals surface area contributed by atoms with E-state index in [2.05, 4.69) is 10.6 Å². The average molecular weight is 361 g/mol. The fourth-order valence-electron chi connectivity index (χ4n) is 2.27. The Labute approximate surface area is 152 Å². The zero-order valence-corrected chi connectivity index (χ0v) is 15.1. The minimum Gasteiger partial charge on any atom is -0.493 e. The van der Waals surface area contributed by atoms with E-state index in [1.165, 1.54) is 0 Å². The summed E-state index contributed by atoms with van der Waals surface area (Å²) < 4.78 is 10.5. The van der Waals surface area contributed by atoms with Gasteiger partial charge in [-0.2, -0.15) is 0 Å². The number of carbonyl (C=O) groups is 1. The Balaban J connectivity index is 1.93. The van der Waals surface area contributed by atoms with Gasteiger partial charge in [0.25, 0.3) is 0 Å². The predicted octanol–water partition coefficient (Wildman–Crippen LogP) is 4.39. The molecule has 0 radical (unpaired) electrons. The maximum Gasteiger partial charge on any atom is 0.319 e. The molecule has 0 aliphatic carbocycles. The molecule has 2 rings (SSSR count). The van der Waals surface area contributed by atoms with Crippen LogP contribution in [0, 0.1) is 0 Å². The summed E-state index contributed by atoms with van der Waals surface area (Å²) >= 11 is 5.92. The number of ether oxygens (including phenoxy) is 2. The van der Waals surface area contributed by atoms with Gasteiger partial charge in [0.15, 0.2) is 11.5 Å². The van der Waals surface area contributed by atoms with E-state index in [1.807, 2.05) is 43.3 Å². The van der Waals surface area contributed by atoms with E-state index in [1.54, 1.807) is 32.6 Å². The lowest BCUT2D eigenvalue weighted by atomic mass is 10.1. The van der Waals surface area contributed by atoms with Gasteiger partial charge in [-0.1, -0.05) is 29.8 Å². The molecule has 0 bridgehead atoms. The molecule has 25 heavy (non-hydrogen) atoms. The van der Waals surface area contributed by atoms with Crippen LogP contribution >= 0.6 is 11.6 Å². The highest BCUT2D eigenvalue weighted by Crippen LogP contribution is 2.29. The van der Waals surface area contributed by atoms with E-state index in [9.17, 15) is 4.79 Å². The number of rotatable bonds is 6. The molecule has 0 saturated heterocycles. The van der Waals surface area contributed by atoms with Gasteiger partial charge in [0, 0.05) is 11.2 Å². The van der Waals surface area contributed by atoms with Crippen molar-refractivity contribution >= 4 is 23.7 Å². The van der Waals surface area contributed by atoms with E-state index < -0.39 is 0 Å². The highest BCUT2D eigenvalue weighted by Gasteiger charge is 2.12. The Hall–Kier alpha value is -2.66. The van der Waals surface area contributed by atoms with Gasteiger partial charge in [-0.25, -0.2) is 4.79 Å². The molecule has 2 amide bonds. The molecule has 5 nitrogen and oxygen atoms in total. The molecule has 0 aliphatic rings. The fraction of sp³-hybridized carbons (Fsp3) is 0.211. The number of benzene rings is 2. The van der Waals surface area contributed by atoms with Crippen LogP contribution in [0.5, 0.6) is 11.5 Å². The van der Waals surface area contributed by atoms with Crippen molar-refractivity contribution in [1.82, 2.24) is 10.6 Å². The van der Waals surface area contributed by atoms with Crippen LogP contribution in [0.15, 0.2) is 48.7 Å².